The van der Waals surface area contributed by atoms with E-state index in [1.165, 1.54) is 18.2 Å². The summed E-state index contributed by atoms with van der Waals surface area (Å²) in [6.07, 6.45) is 1.31. The highest BCUT2D eigenvalue weighted by Crippen LogP contribution is 2.35. The minimum atomic E-state index is -0.326. The van der Waals surface area contributed by atoms with Crippen molar-refractivity contribution < 1.29 is 24.5 Å². The lowest BCUT2D eigenvalue weighted by atomic mass is 10.1. The lowest BCUT2D eigenvalue weighted by Crippen LogP contribution is -2.43. The van der Waals surface area contributed by atoms with Crippen LogP contribution in [0.5, 0.6) is 11.5 Å². The molecule has 174 valence electrons. The third kappa shape index (κ3) is 4.72. The van der Waals surface area contributed by atoms with E-state index < -0.39 is 0 Å². The predicted molar refractivity (Wildman–Crippen MR) is 124 cm³/mol. The molecule has 0 saturated carbocycles. The summed E-state index contributed by atoms with van der Waals surface area (Å²) in [4.78, 5) is 31.6. The second-order valence-corrected chi connectivity index (χ2v) is 8.38. The lowest BCUT2D eigenvalue weighted by molar-refractivity contribution is -0.114. The quantitative estimate of drug-likeness (QED) is 0.656. The molecule has 0 radical (unpaired) electrons. The van der Waals surface area contributed by atoms with Crippen LogP contribution in [-0.2, 0) is 22.6 Å². The van der Waals surface area contributed by atoms with Gasteiger partial charge in [0, 0.05) is 56.6 Å². The number of aromatic hydroxyl groups is 2. The summed E-state index contributed by atoms with van der Waals surface area (Å²) in [6, 6.07) is 8.42. The van der Waals surface area contributed by atoms with Crippen LogP contribution in [0.3, 0.4) is 0 Å². The molecule has 2 heterocycles. The number of hydrogen-bond acceptors (Lipinski definition) is 6. The summed E-state index contributed by atoms with van der Waals surface area (Å²) in [5, 5.41) is 20.0. The first kappa shape index (κ1) is 22.8. The Kier molecular flexibility index (Phi) is 6.67. The summed E-state index contributed by atoms with van der Waals surface area (Å²) in [5.74, 6) is -0.830. The maximum atomic E-state index is 13.2. The highest BCUT2D eigenvalue weighted by Gasteiger charge is 2.30. The van der Waals surface area contributed by atoms with Crippen molar-refractivity contribution in [3.05, 3.63) is 65.2 Å². The summed E-state index contributed by atoms with van der Waals surface area (Å²) < 4.78 is 5.41. The molecule has 0 spiro atoms. The predicted octanol–water partition coefficient (Wildman–Crippen LogP) is 2.41. The SMILES string of the molecule is C=CC(=O)N(CCN1CCOCC1)c1cccc2c1CN(C(=O)c1cc(C)c(O)cc1O)C2. The van der Waals surface area contributed by atoms with Gasteiger partial charge in [-0.05, 0) is 36.3 Å². The van der Waals surface area contributed by atoms with Gasteiger partial charge >= 0.3 is 0 Å². The van der Waals surface area contributed by atoms with E-state index in [4.69, 9.17) is 4.74 Å². The molecule has 33 heavy (non-hydrogen) atoms. The molecule has 0 unspecified atom stereocenters. The number of carbonyl (C=O) groups excluding carboxylic acids is 2. The smallest absolute Gasteiger partial charge is 0.258 e. The van der Waals surface area contributed by atoms with E-state index in [0.29, 0.717) is 38.4 Å². The van der Waals surface area contributed by atoms with Gasteiger partial charge in [0.2, 0.25) is 5.91 Å². The van der Waals surface area contributed by atoms with Gasteiger partial charge in [-0.3, -0.25) is 14.5 Å². The van der Waals surface area contributed by atoms with Gasteiger partial charge in [0.05, 0.1) is 18.8 Å². The van der Waals surface area contributed by atoms with Crippen LogP contribution in [0, 0.1) is 6.92 Å². The van der Waals surface area contributed by atoms with Crippen molar-refractivity contribution in [1.82, 2.24) is 9.80 Å². The van der Waals surface area contributed by atoms with E-state index in [1.807, 2.05) is 18.2 Å². The molecule has 8 heteroatoms. The van der Waals surface area contributed by atoms with E-state index in [2.05, 4.69) is 11.5 Å². The molecule has 2 aliphatic rings. The Morgan fingerprint density at radius 2 is 1.91 bits per heavy atom. The number of phenolic OH excluding ortho intramolecular Hbond substituents is 2. The van der Waals surface area contributed by atoms with Crippen LogP contribution in [0.1, 0.15) is 27.0 Å². The number of ether oxygens (including phenoxy) is 1. The van der Waals surface area contributed by atoms with Gasteiger partial charge in [0.15, 0.2) is 0 Å². The van der Waals surface area contributed by atoms with Crippen molar-refractivity contribution in [2.75, 3.05) is 44.3 Å². The lowest BCUT2D eigenvalue weighted by Gasteiger charge is -2.30. The second kappa shape index (κ2) is 9.64. The van der Waals surface area contributed by atoms with Gasteiger partial charge < -0.3 is 24.7 Å². The standard InChI is InChI=1S/C25H29N3O5/c1-3-24(31)28(8-7-26-9-11-33-12-10-26)21-6-4-5-18-15-27(16-20(18)21)25(32)19-13-17(2)22(29)14-23(19)30/h3-6,13-14,29-30H,1,7-12,15-16H2,2H3. The third-order valence-electron chi connectivity index (χ3n) is 6.27. The first-order chi connectivity index (χ1) is 15.9. The molecule has 8 nitrogen and oxygen atoms in total. The number of benzene rings is 2. The van der Waals surface area contributed by atoms with Crippen LogP contribution >= 0.6 is 0 Å². The molecule has 0 aromatic heterocycles. The number of anilines is 1. The van der Waals surface area contributed by atoms with Crippen LogP contribution in [0.2, 0.25) is 0 Å². The number of amides is 2. The van der Waals surface area contributed by atoms with Crippen molar-refractivity contribution in [3.63, 3.8) is 0 Å². The number of phenols is 2. The Morgan fingerprint density at radius 3 is 2.64 bits per heavy atom. The first-order valence-corrected chi connectivity index (χ1v) is 11.1. The molecule has 4 rings (SSSR count). The van der Waals surface area contributed by atoms with E-state index >= 15 is 0 Å². The van der Waals surface area contributed by atoms with Crippen molar-refractivity contribution in [2.24, 2.45) is 0 Å². The van der Waals surface area contributed by atoms with Crippen molar-refractivity contribution in [1.29, 1.82) is 0 Å². The Hall–Kier alpha value is -3.36. The average molecular weight is 452 g/mol. The topological polar surface area (TPSA) is 93.6 Å². The minimum Gasteiger partial charge on any atom is -0.508 e. The summed E-state index contributed by atoms with van der Waals surface area (Å²) >= 11 is 0. The van der Waals surface area contributed by atoms with Crippen molar-refractivity contribution in [2.45, 2.75) is 20.0 Å². The minimum absolute atomic E-state index is 0.0603. The van der Waals surface area contributed by atoms with Gasteiger partial charge in [-0.1, -0.05) is 18.7 Å². The number of rotatable bonds is 6. The fourth-order valence-electron chi connectivity index (χ4n) is 4.35. The largest absolute Gasteiger partial charge is 0.508 e. The van der Waals surface area contributed by atoms with E-state index in [-0.39, 0.29) is 28.9 Å². The average Bonchev–Trinajstić information content (AvgIpc) is 3.26. The summed E-state index contributed by atoms with van der Waals surface area (Å²) in [5.41, 5.74) is 3.31. The van der Waals surface area contributed by atoms with Crippen molar-refractivity contribution in [3.8, 4) is 11.5 Å². The molecule has 0 atom stereocenters. The maximum Gasteiger partial charge on any atom is 0.258 e. The molecule has 1 fully saturated rings. The van der Waals surface area contributed by atoms with Crippen LogP contribution < -0.4 is 4.90 Å². The fourth-order valence-corrected chi connectivity index (χ4v) is 4.35. The molecule has 2 amide bonds. The number of hydrogen-bond donors (Lipinski definition) is 2. The van der Waals surface area contributed by atoms with Crippen LogP contribution in [0.4, 0.5) is 5.69 Å². The third-order valence-corrected chi connectivity index (χ3v) is 6.27. The van der Waals surface area contributed by atoms with Gasteiger partial charge in [-0.15, -0.1) is 0 Å². The zero-order valence-electron chi connectivity index (χ0n) is 18.8. The zero-order chi connectivity index (χ0) is 23.5. The number of morpholine rings is 1. The summed E-state index contributed by atoms with van der Waals surface area (Å²) in [6.45, 7) is 10.3. The molecule has 2 aromatic carbocycles. The number of carbonyl (C=O) groups is 2. The summed E-state index contributed by atoms with van der Waals surface area (Å²) in [7, 11) is 0. The molecule has 1 saturated heterocycles. The van der Waals surface area contributed by atoms with Gasteiger partial charge in [0.25, 0.3) is 5.91 Å². The van der Waals surface area contributed by atoms with Gasteiger partial charge in [-0.2, -0.15) is 0 Å². The Bertz CT molecular complexity index is 1080. The van der Waals surface area contributed by atoms with Crippen LogP contribution in [0.15, 0.2) is 43.0 Å². The Labute approximate surface area is 193 Å². The van der Waals surface area contributed by atoms with E-state index in [0.717, 1.165) is 36.4 Å². The number of aryl methyl sites for hydroxylation is 1. The Balaban J connectivity index is 1.57. The van der Waals surface area contributed by atoms with E-state index in [1.54, 1.807) is 16.7 Å². The molecule has 0 bridgehead atoms. The highest BCUT2D eigenvalue weighted by molar-refractivity contribution is 6.02. The number of nitrogens with zero attached hydrogens (tertiary/aromatic N) is 3. The van der Waals surface area contributed by atoms with Gasteiger partial charge in [0.1, 0.15) is 11.5 Å². The van der Waals surface area contributed by atoms with Crippen molar-refractivity contribution >= 4 is 17.5 Å². The molecule has 2 aliphatic heterocycles. The van der Waals surface area contributed by atoms with Crippen LogP contribution in [-0.4, -0.2) is 71.2 Å². The maximum absolute atomic E-state index is 13.2. The highest BCUT2D eigenvalue weighted by atomic mass is 16.5. The zero-order valence-corrected chi connectivity index (χ0v) is 18.8. The second-order valence-electron chi connectivity index (χ2n) is 8.38. The fraction of sp³-hybridized carbons (Fsp3) is 0.360. The van der Waals surface area contributed by atoms with Crippen LogP contribution in [0.25, 0.3) is 0 Å². The normalized spacial score (nSPS) is 15.8. The first-order valence-electron chi connectivity index (χ1n) is 11.1. The Morgan fingerprint density at radius 1 is 1.15 bits per heavy atom. The van der Waals surface area contributed by atoms with E-state index in [9.17, 15) is 19.8 Å². The molecular weight excluding hydrogens is 422 g/mol. The molecule has 0 aliphatic carbocycles. The van der Waals surface area contributed by atoms with Gasteiger partial charge in [-0.25, -0.2) is 0 Å². The molecular formula is C25H29N3O5. The molecule has 2 aromatic rings. The number of fused-ring (bicyclic) bond motifs is 1. The molecule has 2 N–H and O–H groups in total. The monoisotopic (exact) mass is 451 g/mol.